The van der Waals surface area contributed by atoms with Crippen molar-refractivity contribution in [3.8, 4) is 0 Å². The largest absolute Gasteiger partial charge is 0.454 e. The topological polar surface area (TPSA) is 84.4 Å². The molecule has 7 nitrogen and oxygen atoms in total. The first kappa shape index (κ1) is 21.4. The van der Waals surface area contributed by atoms with Gasteiger partial charge in [0.1, 0.15) is 6.10 Å². The van der Waals surface area contributed by atoms with Gasteiger partial charge in [-0.2, -0.15) is 0 Å². The number of H-pyrrole nitrogens is 1. The lowest BCUT2D eigenvalue weighted by molar-refractivity contribution is 0.0252. The van der Waals surface area contributed by atoms with Gasteiger partial charge in [0.2, 0.25) is 0 Å². The van der Waals surface area contributed by atoms with E-state index in [1.807, 2.05) is 70.1 Å². The molecule has 176 valence electrons. The lowest BCUT2D eigenvalue weighted by Crippen LogP contribution is -2.40. The van der Waals surface area contributed by atoms with Crippen molar-refractivity contribution in [3.63, 3.8) is 0 Å². The number of imidazole rings is 1. The molecule has 3 aromatic carbocycles. The maximum atomic E-state index is 13.3. The summed E-state index contributed by atoms with van der Waals surface area (Å²) in [6, 6.07) is 22.6. The Hall–Kier alpha value is -4.13. The molecule has 0 spiro atoms. The van der Waals surface area contributed by atoms with Crippen LogP contribution in [-0.2, 0) is 11.2 Å². The van der Waals surface area contributed by atoms with Crippen LogP contribution in [0.1, 0.15) is 56.8 Å². The Morgan fingerprint density at radius 2 is 1.66 bits per heavy atom. The number of aromatic amines is 1. The van der Waals surface area contributed by atoms with Crippen molar-refractivity contribution in [1.29, 1.82) is 0 Å². The molecule has 1 fully saturated rings. The molecule has 1 amide bonds. The number of nitrogens with one attached hydrogen (secondary N) is 1. The van der Waals surface area contributed by atoms with E-state index in [4.69, 9.17) is 4.74 Å². The second-order valence-electron chi connectivity index (χ2n) is 9.22. The fourth-order valence-electron chi connectivity index (χ4n) is 5.33. The number of cyclic esters (lactones) is 1. The van der Waals surface area contributed by atoms with E-state index in [1.165, 1.54) is 0 Å². The molecule has 1 saturated heterocycles. The van der Waals surface area contributed by atoms with Crippen LogP contribution >= 0.6 is 0 Å². The van der Waals surface area contributed by atoms with Gasteiger partial charge in [0.25, 0.3) is 5.91 Å². The van der Waals surface area contributed by atoms with Crippen LogP contribution in [0.15, 0.2) is 77.6 Å². The van der Waals surface area contributed by atoms with Crippen LogP contribution in [0, 0.1) is 0 Å². The van der Waals surface area contributed by atoms with Gasteiger partial charge in [-0.3, -0.25) is 9.36 Å². The number of piperidine rings is 1. The summed E-state index contributed by atoms with van der Waals surface area (Å²) in [7, 11) is 0. The number of nitrogens with zero attached hydrogens (tertiary/aromatic N) is 2. The van der Waals surface area contributed by atoms with Crippen LogP contribution in [0.4, 0.5) is 0 Å². The smallest absolute Gasteiger partial charge is 0.339 e. The van der Waals surface area contributed by atoms with E-state index in [2.05, 4.69) is 4.98 Å². The molecular weight excluding hydrogens is 442 g/mol. The number of para-hydroxylation sites is 2. The zero-order valence-corrected chi connectivity index (χ0v) is 19.1. The van der Waals surface area contributed by atoms with E-state index in [0.29, 0.717) is 43.5 Å². The lowest BCUT2D eigenvalue weighted by atomic mass is 9.92. The Labute approximate surface area is 201 Å². The molecular formula is C28H25N3O4. The molecule has 0 unspecified atom stereocenters. The molecule has 35 heavy (non-hydrogen) atoms. The second kappa shape index (κ2) is 8.58. The van der Waals surface area contributed by atoms with Crippen LogP contribution in [-0.4, -0.2) is 39.4 Å². The average molecular weight is 468 g/mol. The van der Waals surface area contributed by atoms with Crippen molar-refractivity contribution in [2.45, 2.75) is 31.4 Å². The van der Waals surface area contributed by atoms with E-state index in [0.717, 1.165) is 22.2 Å². The molecule has 6 rings (SSSR count). The number of likely N-dealkylation sites (tertiary alicyclic amines) is 1. The molecule has 0 saturated carbocycles. The predicted octanol–water partition coefficient (Wildman–Crippen LogP) is 4.26. The van der Waals surface area contributed by atoms with Gasteiger partial charge in [-0.25, -0.2) is 9.59 Å². The van der Waals surface area contributed by atoms with Crippen molar-refractivity contribution in [1.82, 2.24) is 14.5 Å². The van der Waals surface area contributed by atoms with Gasteiger partial charge >= 0.3 is 11.7 Å². The summed E-state index contributed by atoms with van der Waals surface area (Å²) in [5.74, 6) is -0.406. The number of ether oxygens (including phenoxy) is 1. The van der Waals surface area contributed by atoms with Crippen molar-refractivity contribution >= 4 is 22.9 Å². The van der Waals surface area contributed by atoms with E-state index < -0.39 is 0 Å². The first-order valence-corrected chi connectivity index (χ1v) is 12.0. The lowest BCUT2D eigenvalue weighted by Gasteiger charge is -2.33. The molecule has 3 heterocycles. The fourth-order valence-corrected chi connectivity index (χ4v) is 5.33. The van der Waals surface area contributed by atoms with Crippen molar-refractivity contribution < 1.29 is 14.3 Å². The normalized spacial score (nSPS) is 18.3. The maximum absolute atomic E-state index is 13.3. The van der Waals surface area contributed by atoms with Crippen molar-refractivity contribution in [3.05, 3.63) is 106 Å². The molecule has 0 aliphatic carbocycles. The molecule has 2 aliphatic rings. The number of hydrogen-bond acceptors (Lipinski definition) is 4. The SMILES string of the molecule is O=C1O[C@@H](c2ccccc2)Cc2cc(C(=O)N3CCC(n4c(=O)[nH]c5ccccc54)CC3)ccc21. The first-order valence-electron chi connectivity index (χ1n) is 12.0. The number of aromatic nitrogens is 2. The number of carbonyl (C=O) groups excluding carboxylic acids is 2. The number of rotatable bonds is 3. The van der Waals surface area contributed by atoms with E-state index >= 15 is 0 Å². The first-order chi connectivity index (χ1) is 17.1. The standard InChI is InChI=1S/C28H25N3O4/c32-26(30-14-12-21(13-15-30)31-24-9-5-4-8-23(24)29-28(31)34)19-10-11-22-20(16-19)17-25(35-27(22)33)18-6-2-1-3-7-18/h1-11,16,21,25H,12-15,17H2,(H,29,34)/t25-/m1/s1. The van der Waals surface area contributed by atoms with Gasteiger partial charge in [0.15, 0.2) is 0 Å². The third-order valence-electron chi connectivity index (χ3n) is 7.14. The molecule has 7 heteroatoms. The van der Waals surface area contributed by atoms with Crippen molar-refractivity contribution in [2.24, 2.45) is 0 Å². The number of benzene rings is 3. The highest BCUT2D eigenvalue weighted by Gasteiger charge is 2.30. The molecule has 4 aromatic rings. The van der Waals surface area contributed by atoms with Crippen molar-refractivity contribution in [2.75, 3.05) is 13.1 Å². The summed E-state index contributed by atoms with van der Waals surface area (Å²) in [6.45, 7) is 1.14. The Bertz CT molecular complexity index is 1480. The van der Waals surface area contributed by atoms with E-state index in [1.54, 1.807) is 12.1 Å². The monoisotopic (exact) mass is 467 g/mol. The molecule has 1 atom stereocenters. The summed E-state index contributed by atoms with van der Waals surface area (Å²) >= 11 is 0. The summed E-state index contributed by atoms with van der Waals surface area (Å²) < 4.78 is 7.46. The molecule has 0 bridgehead atoms. The Morgan fingerprint density at radius 1 is 0.914 bits per heavy atom. The highest BCUT2D eigenvalue weighted by atomic mass is 16.5. The quantitative estimate of drug-likeness (QED) is 0.456. The van der Waals surface area contributed by atoms with Crippen LogP contribution in [0.3, 0.4) is 0 Å². The Kier molecular flexibility index (Phi) is 5.25. The van der Waals surface area contributed by atoms with Crippen LogP contribution in [0.2, 0.25) is 0 Å². The summed E-state index contributed by atoms with van der Waals surface area (Å²) in [6.07, 6.45) is 1.60. The van der Waals surface area contributed by atoms with Gasteiger partial charge < -0.3 is 14.6 Å². The highest BCUT2D eigenvalue weighted by Crippen LogP contribution is 2.32. The van der Waals surface area contributed by atoms with Crippen LogP contribution in [0.25, 0.3) is 11.0 Å². The second-order valence-corrected chi connectivity index (χ2v) is 9.22. The summed E-state index contributed by atoms with van der Waals surface area (Å²) in [5, 5.41) is 0. The van der Waals surface area contributed by atoms with Gasteiger partial charge in [-0.15, -0.1) is 0 Å². The minimum absolute atomic E-state index is 0.0484. The zero-order chi connectivity index (χ0) is 23.9. The summed E-state index contributed by atoms with van der Waals surface area (Å²) in [5.41, 5.74) is 4.50. The third-order valence-corrected chi connectivity index (χ3v) is 7.14. The van der Waals surface area contributed by atoms with Crippen LogP contribution < -0.4 is 5.69 Å². The third kappa shape index (κ3) is 3.83. The van der Waals surface area contributed by atoms with Crippen LogP contribution in [0.5, 0.6) is 0 Å². The number of amides is 1. The summed E-state index contributed by atoms with van der Waals surface area (Å²) in [4.78, 5) is 43.2. The number of hydrogen-bond donors (Lipinski definition) is 1. The predicted molar refractivity (Wildman–Crippen MR) is 131 cm³/mol. The van der Waals surface area contributed by atoms with E-state index in [9.17, 15) is 14.4 Å². The van der Waals surface area contributed by atoms with E-state index in [-0.39, 0.29) is 29.7 Å². The van der Waals surface area contributed by atoms with Gasteiger partial charge in [-0.05, 0) is 54.3 Å². The minimum atomic E-state index is -0.357. The highest BCUT2D eigenvalue weighted by molar-refractivity contribution is 5.98. The molecule has 0 radical (unpaired) electrons. The average Bonchev–Trinajstić information content (AvgIpc) is 3.24. The number of fused-ring (bicyclic) bond motifs is 2. The molecule has 1 aromatic heterocycles. The zero-order valence-electron chi connectivity index (χ0n) is 19.1. The molecule has 1 N–H and O–H groups in total. The fraction of sp³-hybridized carbons (Fsp3) is 0.250. The maximum Gasteiger partial charge on any atom is 0.339 e. The van der Waals surface area contributed by atoms with Gasteiger partial charge in [-0.1, -0.05) is 42.5 Å². The van der Waals surface area contributed by atoms with Gasteiger partial charge in [0, 0.05) is 31.1 Å². The number of carbonyl (C=O) groups is 2. The van der Waals surface area contributed by atoms with Gasteiger partial charge in [0.05, 0.1) is 16.6 Å². The molecule has 2 aliphatic heterocycles. The Morgan fingerprint density at radius 3 is 2.46 bits per heavy atom. The number of esters is 1. The minimum Gasteiger partial charge on any atom is -0.454 e. The Balaban J connectivity index is 1.19.